The van der Waals surface area contributed by atoms with E-state index in [1.807, 2.05) is 36.4 Å². The minimum absolute atomic E-state index is 0.430. The summed E-state index contributed by atoms with van der Waals surface area (Å²) in [6, 6.07) is 15.1. The average molecular weight is 235 g/mol. The summed E-state index contributed by atoms with van der Waals surface area (Å²) >= 11 is 0. The fourth-order valence-corrected chi connectivity index (χ4v) is 1.98. The maximum absolute atomic E-state index is 11.4. The largest absolute Gasteiger partial charge is 0.366 e. The molecule has 0 heterocycles. The molecule has 2 aromatic carbocycles. The molecule has 0 unspecified atom stereocenters. The van der Waals surface area contributed by atoms with Gasteiger partial charge in [-0.3, -0.25) is 4.79 Å². The van der Waals surface area contributed by atoms with Crippen LogP contribution in [0, 0.1) is 12.3 Å². The van der Waals surface area contributed by atoms with E-state index in [0.29, 0.717) is 12.0 Å². The molecule has 0 fully saturated rings. The second-order valence-corrected chi connectivity index (χ2v) is 3.95. The maximum atomic E-state index is 11.4. The second-order valence-electron chi connectivity index (χ2n) is 3.95. The number of benzene rings is 2. The number of primary amides is 1. The van der Waals surface area contributed by atoms with Crippen LogP contribution in [0.25, 0.3) is 11.1 Å². The van der Waals surface area contributed by atoms with Crippen molar-refractivity contribution in [3.63, 3.8) is 0 Å². The van der Waals surface area contributed by atoms with E-state index >= 15 is 0 Å². The Hall–Kier alpha value is -2.53. The van der Waals surface area contributed by atoms with Crippen LogP contribution in [0.3, 0.4) is 0 Å². The molecule has 2 aromatic rings. The monoisotopic (exact) mass is 235 g/mol. The summed E-state index contributed by atoms with van der Waals surface area (Å²) in [6.45, 7) is 0. The Morgan fingerprint density at radius 1 is 1.06 bits per heavy atom. The van der Waals surface area contributed by atoms with Crippen LogP contribution in [0.15, 0.2) is 48.5 Å². The molecule has 0 aliphatic rings. The third kappa shape index (κ3) is 2.26. The van der Waals surface area contributed by atoms with Crippen LogP contribution in [-0.2, 0) is 6.42 Å². The van der Waals surface area contributed by atoms with E-state index in [9.17, 15) is 4.79 Å². The summed E-state index contributed by atoms with van der Waals surface area (Å²) in [5.74, 6) is 2.20. The Morgan fingerprint density at radius 2 is 1.67 bits per heavy atom. The molecule has 0 saturated carbocycles. The lowest BCUT2D eigenvalue weighted by Crippen LogP contribution is -2.12. The van der Waals surface area contributed by atoms with E-state index in [2.05, 4.69) is 5.92 Å². The van der Waals surface area contributed by atoms with Gasteiger partial charge >= 0.3 is 0 Å². The first kappa shape index (κ1) is 11.9. The highest BCUT2D eigenvalue weighted by Gasteiger charge is 2.11. The van der Waals surface area contributed by atoms with Gasteiger partial charge in [0.1, 0.15) is 0 Å². The molecule has 0 spiro atoms. The van der Waals surface area contributed by atoms with Crippen LogP contribution in [-0.4, -0.2) is 5.91 Å². The molecule has 2 rings (SSSR count). The highest BCUT2D eigenvalue weighted by Crippen LogP contribution is 2.27. The normalized spacial score (nSPS) is 9.72. The first-order chi connectivity index (χ1) is 8.74. The van der Waals surface area contributed by atoms with Gasteiger partial charge in [0.15, 0.2) is 0 Å². The number of carbonyl (C=O) groups is 1. The van der Waals surface area contributed by atoms with E-state index in [1.54, 1.807) is 12.1 Å². The van der Waals surface area contributed by atoms with Gasteiger partial charge in [-0.05, 0) is 22.8 Å². The van der Waals surface area contributed by atoms with Crippen molar-refractivity contribution in [1.29, 1.82) is 0 Å². The van der Waals surface area contributed by atoms with Gasteiger partial charge in [0.05, 0.1) is 0 Å². The summed E-state index contributed by atoms with van der Waals surface area (Å²) in [6.07, 6.45) is 5.89. The molecule has 0 saturated heterocycles. The maximum Gasteiger partial charge on any atom is 0.249 e. The molecule has 0 atom stereocenters. The number of terminal acetylenes is 1. The van der Waals surface area contributed by atoms with Crippen LogP contribution in [0.4, 0.5) is 0 Å². The van der Waals surface area contributed by atoms with Crippen LogP contribution in [0.1, 0.15) is 15.9 Å². The highest BCUT2D eigenvalue weighted by atomic mass is 16.1. The van der Waals surface area contributed by atoms with Crippen LogP contribution in [0.5, 0.6) is 0 Å². The van der Waals surface area contributed by atoms with Crippen molar-refractivity contribution in [1.82, 2.24) is 0 Å². The van der Waals surface area contributed by atoms with Crippen molar-refractivity contribution in [2.75, 3.05) is 0 Å². The number of rotatable bonds is 3. The van der Waals surface area contributed by atoms with Crippen molar-refractivity contribution in [2.24, 2.45) is 5.73 Å². The predicted molar refractivity (Wildman–Crippen MR) is 72.9 cm³/mol. The van der Waals surface area contributed by atoms with E-state index in [0.717, 1.165) is 16.7 Å². The van der Waals surface area contributed by atoms with Gasteiger partial charge < -0.3 is 5.73 Å². The van der Waals surface area contributed by atoms with Crippen molar-refractivity contribution in [3.05, 3.63) is 59.7 Å². The van der Waals surface area contributed by atoms with Gasteiger partial charge in [-0.1, -0.05) is 42.5 Å². The number of hydrogen-bond acceptors (Lipinski definition) is 1. The van der Waals surface area contributed by atoms with Crippen molar-refractivity contribution in [3.8, 4) is 23.5 Å². The summed E-state index contributed by atoms with van der Waals surface area (Å²) in [7, 11) is 0. The van der Waals surface area contributed by atoms with Crippen molar-refractivity contribution >= 4 is 5.91 Å². The minimum atomic E-state index is -0.430. The lowest BCUT2D eigenvalue weighted by Gasteiger charge is -2.10. The molecule has 2 N–H and O–H groups in total. The topological polar surface area (TPSA) is 43.1 Å². The molecule has 0 aliphatic heterocycles. The van der Waals surface area contributed by atoms with E-state index < -0.39 is 5.91 Å². The fourth-order valence-electron chi connectivity index (χ4n) is 1.98. The van der Waals surface area contributed by atoms with Gasteiger partial charge in [0, 0.05) is 12.0 Å². The first-order valence-corrected chi connectivity index (χ1v) is 5.64. The smallest absolute Gasteiger partial charge is 0.249 e. The van der Waals surface area contributed by atoms with Crippen LogP contribution in [0.2, 0.25) is 0 Å². The molecule has 0 bridgehead atoms. The van der Waals surface area contributed by atoms with Crippen LogP contribution >= 0.6 is 0 Å². The van der Waals surface area contributed by atoms with Crippen molar-refractivity contribution in [2.45, 2.75) is 6.42 Å². The Morgan fingerprint density at radius 3 is 2.33 bits per heavy atom. The predicted octanol–water partition coefficient (Wildman–Crippen LogP) is 2.63. The Kier molecular flexibility index (Phi) is 3.45. The van der Waals surface area contributed by atoms with E-state index in [4.69, 9.17) is 12.2 Å². The zero-order chi connectivity index (χ0) is 13.0. The van der Waals surface area contributed by atoms with Gasteiger partial charge in [0.2, 0.25) is 5.91 Å². The number of hydrogen-bond donors (Lipinski definition) is 1. The molecular weight excluding hydrogens is 222 g/mol. The Bertz CT molecular complexity index is 623. The third-order valence-corrected chi connectivity index (χ3v) is 2.79. The zero-order valence-corrected chi connectivity index (χ0v) is 9.89. The molecule has 0 aliphatic carbocycles. The molecular formula is C16H13NO. The Balaban J connectivity index is 2.63. The SMILES string of the molecule is C#CCc1ccccc1-c1ccccc1C(N)=O. The summed E-state index contributed by atoms with van der Waals surface area (Å²) < 4.78 is 0. The summed E-state index contributed by atoms with van der Waals surface area (Å²) in [5.41, 5.74) is 8.73. The molecule has 2 heteroatoms. The van der Waals surface area contributed by atoms with Crippen LogP contribution < -0.4 is 5.73 Å². The zero-order valence-electron chi connectivity index (χ0n) is 9.89. The van der Waals surface area contributed by atoms with E-state index in [-0.39, 0.29) is 0 Å². The average Bonchev–Trinajstić information content (AvgIpc) is 2.40. The number of amides is 1. The highest BCUT2D eigenvalue weighted by molar-refractivity contribution is 6.00. The molecule has 18 heavy (non-hydrogen) atoms. The number of nitrogens with two attached hydrogens (primary N) is 1. The lowest BCUT2D eigenvalue weighted by molar-refractivity contribution is 0.100. The van der Waals surface area contributed by atoms with E-state index in [1.165, 1.54) is 0 Å². The van der Waals surface area contributed by atoms with Crippen molar-refractivity contribution < 1.29 is 4.79 Å². The van der Waals surface area contributed by atoms with Gasteiger partial charge in [-0.25, -0.2) is 0 Å². The molecule has 1 amide bonds. The van der Waals surface area contributed by atoms with Gasteiger partial charge in [-0.15, -0.1) is 12.3 Å². The second kappa shape index (κ2) is 5.20. The van der Waals surface area contributed by atoms with Gasteiger partial charge in [-0.2, -0.15) is 0 Å². The first-order valence-electron chi connectivity index (χ1n) is 5.64. The molecule has 0 aromatic heterocycles. The molecule has 2 nitrogen and oxygen atoms in total. The summed E-state index contributed by atoms with van der Waals surface area (Å²) in [5, 5.41) is 0. The quantitative estimate of drug-likeness (QED) is 0.816. The summed E-state index contributed by atoms with van der Waals surface area (Å²) in [4.78, 5) is 11.4. The number of carbonyl (C=O) groups excluding carboxylic acids is 1. The lowest BCUT2D eigenvalue weighted by atomic mass is 9.94. The third-order valence-electron chi connectivity index (χ3n) is 2.79. The molecule has 88 valence electrons. The Labute approximate surface area is 106 Å². The fraction of sp³-hybridized carbons (Fsp3) is 0.0625. The van der Waals surface area contributed by atoms with Gasteiger partial charge in [0.25, 0.3) is 0 Å². The minimum Gasteiger partial charge on any atom is -0.366 e. The molecule has 0 radical (unpaired) electrons. The standard InChI is InChI=1S/C16H13NO/c1-2-7-12-8-3-4-9-13(12)14-10-5-6-11-15(14)16(17)18/h1,3-6,8-11H,7H2,(H2,17,18).